The van der Waals surface area contributed by atoms with E-state index in [2.05, 4.69) is 10.3 Å². The summed E-state index contributed by atoms with van der Waals surface area (Å²) in [5, 5.41) is 3.60. The molecule has 0 fully saturated rings. The lowest BCUT2D eigenvalue weighted by Gasteiger charge is -2.17. The lowest BCUT2D eigenvalue weighted by Crippen LogP contribution is -2.45. The first kappa shape index (κ1) is 21.1. The van der Waals surface area contributed by atoms with Crippen LogP contribution in [0.2, 0.25) is 0 Å². The summed E-state index contributed by atoms with van der Waals surface area (Å²) in [4.78, 5) is 29.3. The van der Waals surface area contributed by atoms with Gasteiger partial charge < -0.3 is 15.8 Å². The zero-order chi connectivity index (χ0) is 22.3. The van der Waals surface area contributed by atoms with Gasteiger partial charge in [-0.1, -0.05) is 60.7 Å². The third-order valence-electron chi connectivity index (χ3n) is 5.11. The van der Waals surface area contributed by atoms with Crippen LogP contribution in [0.25, 0.3) is 10.9 Å². The van der Waals surface area contributed by atoms with Crippen molar-refractivity contribution in [3.63, 3.8) is 0 Å². The molecule has 6 nitrogen and oxygen atoms in total. The van der Waals surface area contributed by atoms with Crippen molar-refractivity contribution in [2.24, 2.45) is 5.73 Å². The molecule has 0 saturated heterocycles. The summed E-state index contributed by atoms with van der Waals surface area (Å²) >= 11 is 0. The minimum Gasteiger partial charge on any atom is -0.489 e. The molecule has 0 bridgehead atoms. The van der Waals surface area contributed by atoms with Gasteiger partial charge in [-0.05, 0) is 35.4 Å². The largest absolute Gasteiger partial charge is 0.489 e. The number of primary amides is 1. The number of nitrogens with zero attached hydrogens (tertiary/aromatic N) is 1. The Morgan fingerprint density at radius 2 is 1.66 bits per heavy atom. The van der Waals surface area contributed by atoms with Gasteiger partial charge in [-0.15, -0.1) is 0 Å². The Bertz CT molecular complexity index is 1240. The molecule has 0 aliphatic carbocycles. The number of rotatable bonds is 8. The van der Waals surface area contributed by atoms with Gasteiger partial charge >= 0.3 is 0 Å². The fourth-order valence-corrected chi connectivity index (χ4v) is 3.49. The fourth-order valence-electron chi connectivity index (χ4n) is 3.49. The van der Waals surface area contributed by atoms with Crippen molar-refractivity contribution in [1.82, 2.24) is 10.3 Å². The zero-order valence-corrected chi connectivity index (χ0v) is 17.4. The minimum absolute atomic E-state index is 0.252. The average Bonchev–Trinajstić information content (AvgIpc) is 2.83. The highest BCUT2D eigenvalue weighted by Gasteiger charge is 2.21. The number of carbonyl (C=O) groups is 2. The molecule has 0 saturated carbocycles. The lowest BCUT2D eigenvalue weighted by molar-refractivity contribution is -0.119. The smallest absolute Gasteiger partial charge is 0.254 e. The third-order valence-corrected chi connectivity index (χ3v) is 5.11. The minimum atomic E-state index is -0.870. The number of hydrogen-bond acceptors (Lipinski definition) is 4. The van der Waals surface area contributed by atoms with Crippen LogP contribution in [0, 0.1) is 0 Å². The van der Waals surface area contributed by atoms with Crippen LogP contribution < -0.4 is 15.8 Å². The van der Waals surface area contributed by atoms with Crippen molar-refractivity contribution >= 4 is 22.7 Å². The van der Waals surface area contributed by atoms with Crippen molar-refractivity contribution in [3.8, 4) is 5.75 Å². The van der Waals surface area contributed by atoms with E-state index < -0.39 is 17.9 Å². The quantitative estimate of drug-likeness (QED) is 0.451. The number of nitrogens with one attached hydrogen (secondary N) is 1. The summed E-state index contributed by atoms with van der Waals surface area (Å²) in [5.74, 6) is -0.323. The second-order valence-corrected chi connectivity index (χ2v) is 7.43. The summed E-state index contributed by atoms with van der Waals surface area (Å²) < 4.78 is 5.86. The van der Waals surface area contributed by atoms with Gasteiger partial charge in [0.05, 0.1) is 11.1 Å². The van der Waals surface area contributed by atoms with E-state index in [0.717, 1.165) is 16.5 Å². The van der Waals surface area contributed by atoms with E-state index in [1.54, 1.807) is 18.3 Å². The highest BCUT2D eigenvalue weighted by molar-refractivity contribution is 6.06. The number of fused-ring (bicyclic) bond motifs is 1. The van der Waals surface area contributed by atoms with Crippen molar-refractivity contribution in [3.05, 3.63) is 108 Å². The number of ether oxygens (including phenoxy) is 1. The van der Waals surface area contributed by atoms with E-state index in [1.165, 1.54) is 0 Å². The molecular formula is C26H23N3O3. The van der Waals surface area contributed by atoms with Crippen LogP contribution >= 0.6 is 0 Å². The Hall–Kier alpha value is -4.19. The Labute approximate surface area is 186 Å². The van der Waals surface area contributed by atoms with Crippen molar-refractivity contribution in [2.45, 2.75) is 19.1 Å². The highest BCUT2D eigenvalue weighted by atomic mass is 16.5. The molecule has 2 amide bonds. The van der Waals surface area contributed by atoms with Crippen molar-refractivity contribution in [1.29, 1.82) is 0 Å². The normalized spacial score (nSPS) is 11.6. The topological polar surface area (TPSA) is 94.3 Å². The summed E-state index contributed by atoms with van der Waals surface area (Å²) in [6, 6.07) is 25.4. The SMILES string of the molecule is NC(=O)[C@H](Cc1cccc(OCc2ccccc2)c1)NC(=O)c1cccc2cccnc12. The van der Waals surface area contributed by atoms with Gasteiger partial charge in [0.1, 0.15) is 18.4 Å². The van der Waals surface area contributed by atoms with E-state index in [0.29, 0.717) is 23.4 Å². The van der Waals surface area contributed by atoms with Crippen molar-refractivity contribution in [2.75, 3.05) is 0 Å². The first-order valence-electron chi connectivity index (χ1n) is 10.3. The molecular weight excluding hydrogens is 402 g/mol. The Morgan fingerprint density at radius 3 is 2.47 bits per heavy atom. The Morgan fingerprint density at radius 1 is 0.906 bits per heavy atom. The van der Waals surface area contributed by atoms with Crippen LogP contribution in [0.3, 0.4) is 0 Å². The number of aromatic nitrogens is 1. The molecule has 32 heavy (non-hydrogen) atoms. The number of para-hydroxylation sites is 1. The maximum atomic E-state index is 12.9. The molecule has 0 unspecified atom stereocenters. The Kier molecular flexibility index (Phi) is 6.41. The molecule has 0 aliphatic heterocycles. The zero-order valence-electron chi connectivity index (χ0n) is 17.4. The maximum absolute atomic E-state index is 12.9. The molecule has 1 atom stereocenters. The van der Waals surface area contributed by atoms with Gasteiger partial charge in [0.2, 0.25) is 5.91 Å². The van der Waals surface area contributed by atoms with Crippen LogP contribution in [0.1, 0.15) is 21.5 Å². The summed E-state index contributed by atoms with van der Waals surface area (Å²) in [5.41, 5.74) is 8.46. The number of carbonyl (C=O) groups excluding carboxylic acids is 2. The van der Waals surface area contributed by atoms with Gasteiger partial charge in [-0.2, -0.15) is 0 Å². The molecule has 1 heterocycles. The maximum Gasteiger partial charge on any atom is 0.254 e. The molecule has 3 N–H and O–H groups in total. The lowest BCUT2D eigenvalue weighted by atomic mass is 10.0. The highest BCUT2D eigenvalue weighted by Crippen LogP contribution is 2.18. The van der Waals surface area contributed by atoms with E-state index in [-0.39, 0.29) is 6.42 Å². The van der Waals surface area contributed by atoms with Gasteiger partial charge in [0.25, 0.3) is 5.91 Å². The standard InChI is InChI=1S/C26H23N3O3/c27-25(30)23(29-26(31)22-13-5-10-20-11-6-14-28-24(20)22)16-19-9-4-12-21(15-19)32-17-18-7-2-1-3-8-18/h1-15,23H,16-17H2,(H2,27,30)(H,29,31)/t23-/m0/s1. The van der Waals surface area contributed by atoms with E-state index in [4.69, 9.17) is 10.5 Å². The summed E-state index contributed by atoms with van der Waals surface area (Å²) in [6.45, 7) is 0.439. The molecule has 0 spiro atoms. The van der Waals surface area contributed by atoms with Crippen LogP contribution in [0.4, 0.5) is 0 Å². The molecule has 0 aliphatic rings. The van der Waals surface area contributed by atoms with Gasteiger partial charge in [0, 0.05) is 18.0 Å². The van der Waals surface area contributed by atoms with Crippen LogP contribution in [0.5, 0.6) is 5.75 Å². The third kappa shape index (κ3) is 5.10. The molecule has 4 rings (SSSR count). The van der Waals surface area contributed by atoms with Gasteiger partial charge in [-0.3, -0.25) is 14.6 Å². The number of pyridine rings is 1. The summed E-state index contributed by atoms with van der Waals surface area (Å²) in [7, 11) is 0. The van der Waals surface area contributed by atoms with Crippen molar-refractivity contribution < 1.29 is 14.3 Å². The molecule has 6 heteroatoms. The van der Waals surface area contributed by atoms with E-state index in [9.17, 15) is 9.59 Å². The molecule has 1 aromatic heterocycles. The number of amides is 2. The monoisotopic (exact) mass is 425 g/mol. The predicted molar refractivity (Wildman–Crippen MR) is 123 cm³/mol. The second-order valence-electron chi connectivity index (χ2n) is 7.43. The average molecular weight is 425 g/mol. The Balaban J connectivity index is 1.46. The number of benzene rings is 3. The summed E-state index contributed by atoms with van der Waals surface area (Å²) in [6.07, 6.45) is 1.88. The molecule has 4 aromatic rings. The van der Waals surface area contributed by atoms with Crippen LogP contribution in [-0.4, -0.2) is 22.8 Å². The fraction of sp³-hybridized carbons (Fsp3) is 0.115. The molecule has 0 radical (unpaired) electrons. The van der Waals surface area contributed by atoms with E-state index >= 15 is 0 Å². The second kappa shape index (κ2) is 9.75. The van der Waals surface area contributed by atoms with Gasteiger partial charge in [-0.25, -0.2) is 0 Å². The van der Waals surface area contributed by atoms with Gasteiger partial charge in [0.15, 0.2) is 0 Å². The first-order chi connectivity index (χ1) is 15.6. The van der Waals surface area contributed by atoms with E-state index in [1.807, 2.05) is 72.8 Å². The van der Waals surface area contributed by atoms with Crippen LogP contribution in [0.15, 0.2) is 91.1 Å². The molecule has 3 aromatic carbocycles. The first-order valence-corrected chi connectivity index (χ1v) is 10.3. The molecule has 160 valence electrons. The predicted octanol–water partition coefficient (Wildman–Crippen LogP) is 3.64. The number of nitrogens with two attached hydrogens (primary N) is 1. The van der Waals surface area contributed by atoms with Crippen LogP contribution in [-0.2, 0) is 17.8 Å². The number of hydrogen-bond donors (Lipinski definition) is 2.